The molecule has 0 radical (unpaired) electrons. The van der Waals surface area contributed by atoms with Gasteiger partial charge in [0.15, 0.2) is 0 Å². The summed E-state index contributed by atoms with van der Waals surface area (Å²) in [6.07, 6.45) is -0.0137. The molecular formula is C16H22ClNO3. The van der Waals surface area contributed by atoms with Crippen molar-refractivity contribution in [2.45, 2.75) is 39.0 Å². The Kier molecular flexibility index (Phi) is 5.48. The van der Waals surface area contributed by atoms with E-state index in [0.29, 0.717) is 30.3 Å². The van der Waals surface area contributed by atoms with Crippen molar-refractivity contribution in [1.29, 1.82) is 0 Å². The minimum atomic E-state index is -0.0955. The summed E-state index contributed by atoms with van der Waals surface area (Å²) in [5.74, 6) is 1.10. The fraction of sp³-hybridized carbons (Fsp3) is 0.562. The van der Waals surface area contributed by atoms with Gasteiger partial charge in [-0.3, -0.25) is 4.79 Å². The molecule has 1 aliphatic heterocycles. The normalized spacial score (nSPS) is 22.4. The lowest BCUT2D eigenvalue weighted by Crippen LogP contribution is -2.51. The molecule has 0 bridgehead atoms. The summed E-state index contributed by atoms with van der Waals surface area (Å²) in [6.45, 7) is 6.95. The number of rotatable bonds is 4. The van der Waals surface area contributed by atoms with Crippen LogP contribution in [-0.2, 0) is 4.74 Å². The summed E-state index contributed by atoms with van der Waals surface area (Å²) in [5.41, 5.74) is 0.634. The molecule has 21 heavy (non-hydrogen) atoms. The fourth-order valence-corrected chi connectivity index (χ4v) is 2.52. The van der Waals surface area contributed by atoms with Crippen LogP contribution < -0.4 is 4.74 Å². The van der Waals surface area contributed by atoms with Gasteiger partial charge in [0.05, 0.1) is 30.7 Å². The lowest BCUT2D eigenvalue weighted by Gasteiger charge is -2.37. The van der Waals surface area contributed by atoms with Crippen LogP contribution in [0.2, 0.25) is 0 Å². The fourth-order valence-electron chi connectivity index (χ4n) is 2.33. The molecule has 0 aliphatic carbocycles. The second kappa shape index (κ2) is 7.14. The van der Waals surface area contributed by atoms with E-state index in [9.17, 15) is 4.79 Å². The highest BCUT2D eigenvalue weighted by atomic mass is 35.5. The first kappa shape index (κ1) is 16.1. The van der Waals surface area contributed by atoms with E-state index < -0.39 is 0 Å². The number of hydrogen-bond acceptors (Lipinski definition) is 3. The van der Waals surface area contributed by atoms with E-state index in [1.54, 1.807) is 6.07 Å². The van der Waals surface area contributed by atoms with Gasteiger partial charge in [-0.2, -0.15) is 0 Å². The van der Waals surface area contributed by atoms with Crippen molar-refractivity contribution in [3.63, 3.8) is 0 Å². The zero-order chi connectivity index (χ0) is 15.4. The maximum absolute atomic E-state index is 12.7. The molecule has 5 heteroatoms. The van der Waals surface area contributed by atoms with Crippen LogP contribution in [0.15, 0.2) is 24.3 Å². The summed E-state index contributed by atoms with van der Waals surface area (Å²) in [6, 6.07) is 7.36. The molecule has 4 nitrogen and oxygen atoms in total. The lowest BCUT2D eigenvalue weighted by molar-refractivity contribution is -0.0371. The number of carbonyl (C=O) groups is 1. The number of halogens is 1. The molecule has 0 N–H and O–H groups in total. The first-order valence-corrected chi connectivity index (χ1v) is 7.80. The van der Waals surface area contributed by atoms with Crippen molar-refractivity contribution in [2.24, 2.45) is 0 Å². The standard InChI is InChI=1S/C16H22ClNO3/c1-11(2)21-14-6-4-5-13(7-14)16(19)18-9-15(8-17)20-10-12(18)3/h4-7,11-12,15H,8-10H2,1-3H3. The van der Waals surface area contributed by atoms with Crippen molar-refractivity contribution >= 4 is 17.5 Å². The molecule has 1 heterocycles. The van der Waals surface area contributed by atoms with Crippen LogP contribution in [0.1, 0.15) is 31.1 Å². The monoisotopic (exact) mass is 311 g/mol. The van der Waals surface area contributed by atoms with E-state index in [-0.39, 0.29) is 24.2 Å². The van der Waals surface area contributed by atoms with Gasteiger partial charge >= 0.3 is 0 Å². The van der Waals surface area contributed by atoms with Crippen LogP contribution in [0.25, 0.3) is 0 Å². The van der Waals surface area contributed by atoms with Crippen LogP contribution in [0.5, 0.6) is 5.75 Å². The summed E-state index contributed by atoms with van der Waals surface area (Å²) in [4.78, 5) is 14.5. The average Bonchev–Trinajstić information content (AvgIpc) is 2.46. The largest absolute Gasteiger partial charge is 0.491 e. The first-order chi connectivity index (χ1) is 10.0. The van der Waals surface area contributed by atoms with Crippen molar-refractivity contribution in [1.82, 2.24) is 4.90 Å². The minimum absolute atomic E-state index is 0.00452. The molecule has 116 valence electrons. The van der Waals surface area contributed by atoms with E-state index in [1.807, 2.05) is 43.9 Å². The third-order valence-electron chi connectivity index (χ3n) is 3.39. The predicted octanol–water partition coefficient (Wildman–Crippen LogP) is 2.94. The molecule has 2 unspecified atom stereocenters. The third kappa shape index (κ3) is 4.11. The molecule has 0 saturated carbocycles. The van der Waals surface area contributed by atoms with Gasteiger partial charge in [-0.25, -0.2) is 0 Å². The molecule has 0 spiro atoms. The maximum atomic E-state index is 12.7. The van der Waals surface area contributed by atoms with Crippen LogP contribution in [0.4, 0.5) is 0 Å². The van der Waals surface area contributed by atoms with Crippen molar-refractivity contribution < 1.29 is 14.3 Å². The van der Waals surface area contributed by atoms with Crippen molar-refractivity contribution in [2.75, 3.05) is 19.0 Å². The molecular weight excluding hydrogens is 290 g/mol. The Morgan fingerprint density at radius 3 is 2.95 bits per heavy atom. The molecule has 1 fully saturated rings. The highest BCUT2D eigenvalue weighted by Crippen LogP contribution is 2.20. The van der Waals surface area contributed by atoms with Crippen molar-refractivity contribution in [3.8, 4) is 5.75 Å². The number of hydrogen-bond donors (Lipinski definition) is 0. The number of carbonyl (C=O) groups excluding carboxylic acids is 1. The van der Waals surface area contributed by atoms with Gasteiger partial charge in [-0.15, -0.1) is 11.6 Å². The Labute approximate surface area is 131 Å². The van der Waals surface area contributed by atoms with Gasteiger partial charge in [0.1, 0.15) is 5.75 Å². The molecule has 1 saturated heterocycles. The Morgan fingerprint density at radius 1 is 1.52 bits per heavy atom. The second-order valence-electron chi connectivity index (χ2n) is 5.61. The second-order valence-corrected chi connectivity index (χ2v) is 5.92. The molecule has 1 aromatic carbocycles. The molecule has 2 atom stereocenters. The smallest absolute Gasteiger partial charge is 0.254 e. The SMILES string of the molecule is CC(C)Oc1cccc(C(=O)N2CC(CCl)OCC2C)c1. The Hall–Kier alpha value is -1.26. The van der Waals surface area contributed by atoms with E-state index >= 15 is 0 Å². The first-order valence-electron chi connectivity index (χ1n) is 7.26. The van der Waals surface area contributed by atoms with E-state index in [2.05, 4.69) is 0 Å². The van der Waals surface area contributed by atoms with Gasteiger partial charge in [-0.05, 0) is 39.0 Å². The zero-order valence-electron chi connectivity index (χ0n) is 12.7. The lowest BCUT2D eigenvalue weighted by atomic mass is 10.1. The highest BCUT2D eigenvalue weighted by Gasteiger charge is 2.29. The molecule has 1 amide bonds. The Morgan fingerprint density at radius 2 is 2.29 bits per heavy atom. The highest BCUT2D eigenvalue weighted by molar-refractivity contribution is 6.18. The summed E-state index contributed by atoms with van der Waals surface area (Å²) in [5, 5.41) is 0. The van der Waals surface area contributed by atoms with Crippen LogP contribution in [-0.4, -0.2) is 48.1 Å². The van der Waals surface area contributed by atoms with Gasteiger partial charge in [0.25, 0.3) is 5.91 Å². The van der Waals surface area contributed by atoms with Crippen LogP contribution in [0.3, 0.4) is 0 Å². The van der Waals surface area contributed by atoms with Crippen LogP contribution >= 0.6 is 11.6 Å². The molecule has 1 aliphatic rings. The number of amides is 1. The third-order valence-corrected chi connectivity index (χ3v) is 3.74. The number of benzene rings is 1. The number of morpholine rings is 1. The van der Waals surface area contributed by atoms with E-state index in [0.717, 1.165) is 0 Å². The predicted molar refractivity (Wildman–Crippen MR) is 83.2 cm³/mol. The van der Waals surface area contributed by atoms with Gasteiger partial charge in [0.2, 0.25) is 0 Å². The molecule has 2 rings (SSSR count). The Balaban J connectivity index is 2.14. The van der Waals surface area contributed by atoms with Crippen LogP contribution in [0, 0.1) is 0 Å². The average molecular weight is 312 g/mol. The van der Waals surface area contributed by atoms with Crippen molar-refractivity contribution in [3.05, 3.63) is 29.8 Å². The number of nitrogens with zero attached hydrogens (tertiary/aromatic N) is 1. The summed E-state index contributed by atoms with van der Waals surface area (Å²) < 4.78 is 11.2. The molecule has 1 aromatic rings. The van der Waals surface area contributed by atoms with Gasteiger partial charge in [-0.1, -0.05) is 6.07 Å². The Bertz CT molecular complexity index is 492. The topological polar surface area (TPSA) is 38.8 Å². The number of ether oxygens (including phenoxy) is 2. The quantitative estimate of drug-likeness (QED) is 0.803. The summed E-state index contributed by atoms with van der Waals surface area (Å²) in [7, 11) is 0. The van der Waals surface area contributed by atoms with Gasteiger partial charge in [0, 0.05) is 12.1 Å². The summed E-state index contributed by atoms with van der Waals surface area (Å²) >= 11 is 5.84. The molecule has 0 aromatic heterocycles. The van der Waals surface area contributed by atoms with E-state index in [1.165, 1.54) is 0 Å². The van der Waals surface area contributed by atoms with E-state index in [4.69, 9.17) is 21.1 Å². The number of alkyl halides is 1. The zero-order valence-corrected chi connectivity index (χ0v) is 13.5. The van der Waals surface area contributed by atoms with Gasteiger partial charge < -0.3 is 14.4 Å². The maximum Gasteiger partial charge on any atom is 0.254 e. The minimum Gasteiger partial charge on any atom is -0.491 e.